The van der Waals surface area contributed by atoms with Gasteiger partial charge in [-0.15, -0.1) is 0 Å². The molecule has 1 aromatic heterocycles. The molecule has 29 heavy (non-hydrogen) atoms. The van der Waals surface area contributed by atoms with Crippen molar-refractivity contribution >= 4 is 11.6 Å². The SMILES string of the molecule is COc1ccccc1-c1cc(=O)n(CC(=O)Nc2ccccc2C(F)(F)F)cn1. The predicted octanol–water partition coefficient (Wildman–Crippen LogP) is 3.58. The monoisotopic (exact) mass is 403 g/mol. The lowest BCUT2D eigenvalue weighted by Gasteiger charge is -2.14. The number of nitrogens with one attached hydrogen (secondary N) is 1. The molecule has 0 atom stereocenters. The van der Waals surface area contributed by atoms with Crippen LogP contribution in [0.4, 0.5) is 18.9 Å². The number of aromatic nitrogens is 2. The Balaban J connectivity index is 1.80. The Bertz CT molecular complexity index is 1090. The van der Waals surface area contributed by atoms with Gasteiger partial charge in [-0.2, -0.15) is 13.2 Å². The average Bonchev–Trinajstić information content (AvgIpc) is 2.69. The van der Waals surface area contributed by atoms with Gasteiger partial charge in [0.15, 0.2) is 0 Å². The molecule has 9 heteroatoms. The van der Waals surface area contributed by atoms with Gasteiger partial charge in [0.2, 0.25) is 5.91 Å². The summed E-state index contributed by atoms with van der Waals surface area (Å²) in [7, 11) is 1.49. The Morgan fingerprint density at radius 2 is 1.83 bits per heavy atom. The zero-order valence-corrected chi connectivity index (χ0v) is 15.2. The summed E-state index contributed by atoms with van der Waals surface area (Å²) in [4.78, 5) is 28.7. The van der Waals surface area contributed by atoms with Crippen LogP contribution in [0.2, 0.25) is 0 Å². The molecule has 0 aliphatic carbocycles. The smallest absolute Gasteiger partial charge is 0.418 e. The number of nitrogens with zero attached hydrogens (tertiary/aromatic N) is 2. The van der Waals surface area contributed by atoms with Crippen LogP contribution >= 0.6 is 0 Å². The number of carbonyl (C=O) groups is 1. The van der Waals surface area contributed by atoms with Crippen LogP contribution < -0.4 is 15.6 Å². The van der Waals surface area contributed by atoms with Crippen LogP contribution in [0.3, 0.4) is 0 Å². The van der Waals surface area contributed by atoms with E-state index in [-0.39, 0.29) is 5.69 Å². The molecular formula is C20H16F3N3O3. The largest absolute Gasteiger partial charge is 0.496 e. The first kappa shape index (κ1) is 20.1. The van der Waals surface area contributed by atoms with Crippen molar-refractivity contribution in [1.29, 1.82) is 0 Å². The van der Waals surface area contributed by atoms with Crippen molar-refractivity contribution in [3.8, 4) is 17.0 Å². The van der Waals surface area contributed by atoms with E-state index in [1.807, 2.05) is 0 Å². The summed E-state index contributed by atoms with van der Waals surface area (Å²) in [5.41, 5.74) is -0.920. The minimum atomic E-state index is -4.61. The van der Waals surface area contributed by atoms with Crippen LogP contribution in [0.1, 0.15) is 5.56 Å². The first-order chi connectivity index (χ1) is 13.8. The second kappa shape index (κ2) is 8.17. The van der Waals surface area contributed by atoms with Gasteiger partial charge in [0.1, 0.15) is 12.3 Å². The van der Waals surface area contributed by atoms with E-state index in [1.54, 1.807) is 24.3 Å². The lowest BCUT2D eigenvalue weighted by Crippen LogP contribution is -2.28. The molecule has 0 saturated heterocycles. The summed E-state index contributed by atoms with van der Waals surface area (Å²) in [5.74, 6) is -0.255. The van der Waals surface area contributed by atoms with Gasteiger partial charge in [-0.05, 0) is 24.3 Å². The minimum absolute atomic E-state index is 0.353. The minimum Gasteiger partial charge on any atom is -0.496 e. The number of benzene rings is 2. The molecule has 0 spiro atoms. The molecule has 150 valence electrons. The van der Waals surface area contributed by atoms with Gasteiger partial charge in [-0.1, -0.05) is 24.3 Å². The molecule has 1 heterocycles. The van der Waals surface area contributed by atoms with Crippen molar-refractivity contribution in [1.82, 2.24) is 9.55 Å². The quantitative estimate of drug-likeness (QED) is 0.707. The maximum atomic E-state index is 13.0. The van der Waals surface area contributed by atoms with E-state index in [2.05, 4.69) is 10.3 Å². The van der Waals surface area contributed by atoms with Crippen molar-refractivity contribution in [2.75, 3.05) is 12.4 Å². The van der Waals surface area contributed by atoms with Crippen LogP contribution in [0.15, 0.2) is 65.7 Å². The molecule has 0 saturated carbocycles. The van der Waals surface area contributed by atoms with Crippen molar-refractivity contribution in [3.05, 3.63) is 76.8 Å². The number of anilines is 1. The summed E-state index contributed by atoms with van der Waals surface area (Å²) < 4.78 is 45.3. The van der Waals surface area contributed by atoms with Gasteiger partial charge in [0, 0.05) is 11.6 Å². The zero-order valence-electron chi connectivity index (χ0n) is 15.2. The molecule has 0 unspecified atom stereocenters. The van der Waals surface area contributed by atoms with E-state index in [4.69, 9.17) is 4.74 Å². The maximum Gasteiger partial charge on any atom is 0.418 e. The number of hydrogen-bond acceptors (Lipinski definition) is 4. The van der Waals surface area contributed by atoms with Gasteiger partial charge in [-0.25, -0.2) is 4.98 Å². The molecule has 2 aromatic carbocycles. The first-order valence-electron chi connectivity index (χ1n) is 8.45. The molecule has 0 bridgehead atoms. The molecule has 0 aliphatic heterocycles. The standard InChI is InChI=1S/C20H16F3N3O3/c1-29-17-9-5-2-6-13(17)16-10-19(28)26(12-24-16)11-18(27)25-15-8-4-3-7-14(15)20(21,22)23/h2-10,12H,11H2,1H3,(H,25,27). The summed E-state index contributed by atoms with van der Waals surface area (Å²) in [5, 5.41) is 2.19. The fourth-order valence-corrected chi connectivity index (χ4v) is 2.73. The molecule has 0 radical (unpaired) electrons. The van der Waals surface area contributed by atoms with Crippen molar-refractivity contribution < 1.29 is 22.7 Å². The van der Waals surface area contributed by atoms with E-state index in [0.717, 1.165) is 16.7 Å². The number of halogens is 3. The Hall–Kier alpha value is -3.62. The van der Waals surface area contributed by atoms with E-state index >= 15 is 0 Å². The number of hydrogen-bond donors (Lipinski definition) is 1. The maximum absolute atomic E-state index is 13.0. The summed E-state index contributed by atoms with van der Waals surface area (Å²) in [6, 6.07) is 12.8. The average molecular weight is 403 g/mol. The molecule has 3 rings (SSSR count). The highest BCUT2D eigenvalue weighted by Gasteiger charge is 2.33. The van der Waals surface area contributed by atoms with E-state index in [1.165, 1.54) is 31.6 Å². The van der Waals surface area contributed by atoms with Crippen LogP contribution in [-0.4, -0.2) is 22.6 Å². The Morgan fingerprint density at radius 1 is 1.14 bits per heavy atom. The molecule has 1 amide bonds. The fraction of sp³-hybridized carbons (Fsp3) is 0.150. The number of para-hydroxylation sites is 2. The van der Waals surface area contributed by atoms with Crippen LogP contribution in [0.25, 0.3) is 11.3 Å². The lowest BCUT2D eigenvalue weighted by molar-refractivity contribution is -0.137. The van der Waals surface area contributed by atoms with Gasteiger partial charge < -0.3 is 10.1 Å². The first-order valence-corrected chi connectivity index (χ1v) is 8.45. The number of methoxy groups -OCH3 is 1. The van der Waals surface area contributed by atoms with Gasteiger partial charge in [-0.3, -0.25) is 14.2 Å². The molecule has 0 aliphatic rings. The topological polar surface area (TPSA) is 73.2 Å². The van der Waals surface area contributed by atoms with Crippen molar-refractivity contribution in [2.45, 2.75) is 12.7 Å². The number of carbonyl (C=O) groups excluding carboxylic acids is 1. The fourth-order valence-electron chi connectivity index (χ4n) is 2.73. The summed E-state index contributed by atoms with van der Waals surface area (Å²) in [6.07, 6.45) is -3.45. The second-order valence-electron chi connectivity index (χ2n) is 6.03. The molecule has 6 nitrogen and oxygen atoms in total. The lowest BCUT2D eigenvalue weighted by atomic mass is 10.1. The highest BCUT2D eigenvalue weighted by molar-refractivity contribution is 5.91. The van der Waals surface area contributed by atoms with E-state index in [0.29, 0.717) is 17.0 Å². The highest BCUT2D eigenvalue weighted by Crippen LogP contribution is 2.34. The van der Waals surface area contributed by atoms with Crippen molar-refractivity contribution in [2.24, 2.45) is 0 Å². The number of rotatable bonds is 5. The van der Waals surface area contributed by atoms with E-state index < -0.39 is 29.8 Å². The van der Waals surface area contributed by atoms with Crippen LogP contribution in [0.5, 0.6) is 5.75 Å². The predicted molar refractivity (Wildman–Crippen MR) is 101 cm³/mol. The zero-order chi connectivity index (χ0) is 21.0. The summed E-state index contributed by atoms with van der Waals surface area (Å²) >= 11 is 0. The Morgan fingerprint density at radius 3 is 2.52 bits per heavy atom. The Labute approximate surface area is 163 Å². The van der Waals surface area contributed by atoms with Crippen LogP contribution in [-0.2, 0) is 17.5 Å². The van der Waals surface area contributed by atoms with Gasteiger partial charge >= 0.3 is 6.18 Å². The number of alkyl halides is 3. The van der Waals surface area contributed by atoms with Crippen LogP contribution in [0, 0.1) is 0 Å². The normalized spacial score (nSPS) is 11.2. The van der Waals surface area contributed by atoms with E-state index in [9.17, 15) is 22.8 Å². The number of amides is 1. The van der Waals surface area contributed by atoms with Gasteiger partial charge in [0.25, 0.3) is 5.56 Å². The molecule has 1 N–H and O–H groups in total. The third kappa shape index (κ3) is 4.63. The van der Waals surface area contributed by atoms with Crippen molar-refractivity contribution in [3.63, 3.8) is 0 Å². The molecular weight excluding hydrogens is 387 g/mol. The number of ether oxygens (including phenoxy) is 1. The Kier molecular flexibility index (Phi) is 5.67. The van der Waals surface area contributed by atoms with Gasteiger partial charge in [0.05, 0.1) is 30.4 Å². The third-order valence-electron chi connectivity index (χ3n) is 4.08. The molecule has 3 aromatic rings. The highest BCUT2D eigenvalue weighted by atomic mass is 19.4. The third-order valence-corrected chi connectivity index (χ3v) is 4.08. The second-order valence-corrected chi connectivity index (χ2v) is 6.03. The molecule has 0 fully saturated rings. The summed E-state index contributed by atoms with van der Waals surface area (Å²) in [6.45, 7) is -0.482.